The molecule has 0 amide bonds. The number of hydrogen-bond acceptors (Lipinski definition) is 7. The SMILES string of the molecule is CCCCSc1cc2oc(=O)c3cc([N+](=O)[O-])cc4oc(=O)c(c1)c2c43. The Morgan fingerprint density at radius 2 is 1.62 bits per heavy atom. The predicted octanol–water partition coefficient (Wildman–Crippen LogP) is 4.29. The molecule has 0 atom stereocenters. The van der Waals surface area contributed by atoms with Crippen molar-refractivity contribution in [3.05, 3.63) is 55.2 Å². The summed E-state index contributed by atoms with van der Waals surface area (Å²) in [5, 5.41) is 12.3. The first-order valence-corrected chi connectivity index (χ1v) is 9.06. The second-order valence-corrected chi connectivity index (χ2v) is 7.12. The summed E-state index contributed by atoms with van der Waals surface area (Å²) in [6.45, 7) is 2.09. The van der Waals surface area contributed by atoms with Gasteiger partial charge in [-0.05, 0) is 24.3 Å². The van der Waals surface area contributed by atoms with Crippen LogP contribution in [0.25, 0.3) is 32.7 Å². The van der Waals surface area contributed by atoms with Gasteiger partial charge in [0.1, 0.15) is 11.2 Å². The zero-order chi connectivity index (χ0) is 18.4. The van der Waals surface area contributed by atoms with Crippen molar-refractivity contribution < 1.29 is 13.8 Å². The van der Waals surface area contributed by atoms with E-state index in [1.54, 1.807) is 23.9 Å². The summed E-state index contributed by atoms with van der Waals surface area (Å²) in [6, 6.07) is 5.75. The van der Waals surface area contributed by atoms with Gasteiger partial charge in [0.25, 0.3) is 5.69 Å². The number of rotatable bonds is 5. The number of nitrogens with zero attached hydrogens (tertiary/aromatic N) is 1. The Morgan fingerprint density at radius 1 is 1.00 bits per heavy atom. The van der Waals surface area contributed by atoms with Gasteiger partial charge in [-0.1, -0.05) is 13.3 Å². The average Bonchev–Trinajstić information content (AvgIpc) is 2.60. The molecule has 4 rings (SSSR count). The van der Waals surface area contributed by atoms with Gasteiger partial charge in [0.2, 0.25) is 0 Å². The molecular formula is C18H13NO6S. The molecule has 8 heteroatoms. The van der Waals surface area contributed by atoms with E-state index in [1.807, 2.05) is 0 Å². The maximum Gasteiger partial charge on any atom is 0.344 e. The molecule has 4 aromatic rings. The molecule has 0 radical (unpaired) electrons. The van der Waals surface area contributed by atoms with Crippen molar-refractivity contribution in [1.29, 1.82) is 0 Å². The number of nitro benzene ring substituents is 1. The molecule has 2 aromatic carbocycles. The van der Waals surface area contributed by atoms with Crippen LogP contribution in [0.4, 0.5) is 5.69 Å². The van der Waals surface area contributed by atoms with Crippen LogP contribution in [0.2, 0.25) is 0 Å². The lowest BCUT2D eigenvalue weighted by atomic mass is 10.0. The van der Waals surface area contributed by atoms with Gasteiger partial charge in [-0.15, -0.1) is 11.8 Å². The first kappa shape index (κ1) is 16.6. The minimum atomic E-state index is -0.697. The molecule has 2 heterocycles. The molecule has 7 nitrogen and oxygen atoms in total. The Bertz CT molecular complexity index is 1270. The molecule has 0 saturated carbocycles. The molecule has 132 valence electrons. The molecule has 0 N–H and O–H groups in total. The smallest absolute Gasteiger partial charge is 0.344 e. The van der Waals surface area contributed by atoms with Crippen LogP contribution >= 0.6 is 11.8 Å². The molecule has 0 spiro atoms. The van der Waals surface area contributed by atoms with E-state index < -0.39 is 16.2 Å². The van der Waals surface area contributed by atoms with Crippen LogP contribution in [0.5, 0.6) is 0 Å². The predicted molar refractivity (Wildman–Crippen MR) is 99.5 cm³/mol. The summed E-state index contributed by atoms with van der Waals surface area (Å²) in [5.41, 5.74) is -1.35. The molecule has 0 unspecified atom stereocenters. The van der Waals surface area contributed by atoms with Crippen molar-refractivity contribution in [3.8, 4) is 0 Å². The third kappa shape index (κ3) is 2.53. The highest BCUT2D eigenvalue weighted by Gasteiger charge is 2.21. The third-order valence-corrected chi connectivity index (χ3v) is 5.30. The number of thioether (sulfide) groups is 1. The highest BCUT2D eigenvalue weighted by Crippen LogP contribution is 2.35. The zero-order valence-electron chi connectivity index (χ0n) is 13.7. The highest BCUT2D eigenvalue weighted by molar-refractivity contribution is 7.99. The maximum atomic E-state index is 12.4. The van der Waals surface area contributed by atoms with Gasteiger partial charge in [0.15, 0.2) is 0 Å². The summed E-state index contributed by atoms with van der Waals surface area (Å²) >= 11 is 1.57. The minimum Gasteiger partial charge on any atom is -0.422 e. The van der Waals surface area contributed by atoms with Gasteiger partial charge in [-0.25, -0.2) is 9.59 Å². The van der Waals surface area contributed by atoms with E-state index in [0.29, 0.717) is 16.2 Å². The Morgan fingerprint density at radius 3 is 2.23 bits per heavy atom. The van der Waals surface area contributed by atoms with Crippen LogP contribution in [-0.2, 0) is 0 Å². The summed E-state index contributed by atoms with van der Waals surface area (Å²) < 4.78 is 10.7. The second kappa shape index (κ2) is 6.14. The van der Waals surface area contributed by atoms with Gasteiger partial charge >= 0.3 is 11.3 Å². The van der Waals surface area contributed by atoms with E-state index in [-0.39, 0.29) is 22.2 Å². The second-order valence-electron chi connectivity index (χ2n) is 5.95. The number of unbranched alkanes of at least 4 members (excludes halogenated alkanes) is 1. The molecule has 0 bridgehead atoms. The number of nitro groups is 1. The van der Waals surface area contributed by atoms with E-state index in [2.05, 4.69) is 6.92 Å². The lowest BCUT2D eigenvalue weighted by Gasteiger charge is -2.09. The number of benzene rings is 2. The Kier molecular flexibility index (Phi) is 3.91. The van der Waals surface area contributed by atoms with Crippen LogP contribution in [0.15, 0.2) is 47.6 Å². The van der Waals surface area contributed by atoms with Crippen molar-refractivity contribution >= 4 is 50.2 Å². The quantitative estimate of drug-likeness (QED) is 0.129. The average molecular weight is 371 g/mol. The van der Waals surface area contributed by atoms with Crippen LogP contribution in [-0.4, -0.2) is 10.7 Å². The Hall–Kier alpha value is -2.87. The number of non-ortho nitro benzene ring substituents is 1. The topological polar surface area (TPSA) is 104 Å². The molecule has 0 aliphatic rings. The maximum absolute atomic E-state index is 12.4. The van der Waals surface area contributed by atoms with Crippen molar-refractivity contribution in [1.82, 2.24) is 0 Å². The minimum absolute atomic E-state index is 0.0102. The van der Waals surface area contributed by atoms with Crippen molar-refractivity contribution in [2.45, 2.75) is 24.7 Å². The van der Waals surface area contributed by atoms with Crippen LogP contribution in [0, 0.1) is 10.1 Å². The Labute approximate surface area is 150 Å². The van der Waals surface area contributed by atoms with Crippen molar-refractivity contribution in [2.24, 2.45) is 0 Å². The van der Waals surface area contributed by atoms with Crippen LogP contribution in [0.1, 0.15) is 19.8 Å². The van der Waals surface area contributed by atoms with Crippen LogP contribution in [0.3, 0.4) is 0 Å². The zero-order valence-corrected chi connectivity index (χ0v) is 14.6. The Balaban J connectivity index is 2.09. The monoisotopic (exact) mass is 371 g/mol. The highest BCUT2D eigenvalue weighted by atomic mass is 32.2. The van der Waals surface area contributed by atoms with Gasteiger partial charge in [-0.2, -0.15) is 0 Å². The van der Waals surface area contributed by atoms with Gasteiger partial charge in [0, 0.05) is 21.7 Å². The van der Waals surface area contributed by atoms with Crippen molar-refractivity contribution in [2.75, 3.05) is 5.75 Å². The molecule has 0 aliphatic heterocycles. The molecular weight excluding hydrogens is 358 g/mol. The fourth-order valence-electron chi connectivity index (χ4n) is 3.02. The summed E-state index contributed by atoms with van der Waals surface area (Å²) in [4.78, 5) is 36.1. The van der Waals surface area contributed by atoms with E-state index in [0.717, 1.165) is 35.6 Å². The number of hydrogen-bond donors (Lipinski definition) is 0. The molecule has 0 fully saturated rings. The van der Waals surface area contributed by atoms with Crippen molar-refractivity contribution in [3.63, 3.8) is 0 Å². The van der Waals surface area contributed by atoms with Gasteiger partial charge in [0.05, 0.1) is 21.8 Å². The standard InChI is InChI=1S/C18H13NO6S/c1-2-3-4-26-10-7-12-16-14(8-10)25-17(20)11-5-9(19(22)23)6-13(15(11)16)24-18(12)21/h5-8H,2-4H2,1H3. The first-order valence-electron chi connectivity index (χ1n) is 8.07. The van der Waals surface area contributed by atoms with E-state index >= 15 is 0 Å². The first-order chi connectivity index (χ1) is 12.5. The van der Waals surface area contributed by atoms with Gasteiger partial charge < -0.3 is 8.83 Å². The normalized spacial score (nSPS) is 11.7. The summed E-state index contributed by atoms with van der Waals surface area (Å²) in [6.07, 6.45) is 2.08. The summed E-state index contributed by atoms with van der Waals surface area (Å²) in [7, 11) is 0. The fraction of sp³-hybridized carbons (Fsp3) is 0.222. The third-order valence-electron chi connectivity index (χ3n) is 4.24. The summed E-state index contributed by atoms with van der Waals surface area (Å²) in [5.74, 6) is 0.881. The fourth-order valence-corrected chi connectivity index (χ4v) is 4.08. The van der Waals surface area contributed by atoms with Gasteiger partial charge in [-0.3, -0.25) is 10.1 Å². The molecule has 2 aromatic heterocycles. The lowest BCUT2D eigenvalue weighted by Crippen LogP contribution is -2.07. The van der Waals surface area contributed by atoms with Crippen LogP contribution < -0.4 is 11.3 Å². The van der Waals surface area contributed by atoms with E-state index in [1.165, 1.54) is 0 Å². The van der Waals surface area contributed by atoms with E-state index in [9.17, 15) is 19.7 Å². The van der Waals surface area contributed by atoms with E-state index in [4.69, 9.17) is 8.83 Å². The molecule has 0 saturated heterocycles. The molecule has 0 aliphatic carbocycles. The lowest BCUT2D eigenvalue weighted by molar-refractivity contribution is -0.384. The largest absolute Gasteiger partial charge is 0.422 e. The molecule has 26 heavy (non-hydrogen) atoms.